The lowest BCUT2D eigenvalue weighted by atomic mass is 10.2. The van der Waals surface area contributed by atoms with Gasteiger partial charge in [0.15, 0.2) is 5.82 Å². The molecule has 0 radical (unpaired) electrons. The number of nitrogens with zero attached hydrogens (tertiary/aromatic N) is 3. The molecule has 0 spiro atoms. The van der Waals surface area contributed by atoms with Crippen molar-refractivity contribution in [1.82, 2.24) is 14.6 Å². The molecule has 1 fully saturated rings. The summed E-state index contributed by atoms with van der Waals surface area (Å²) in [4.78, 5) is 16.7. The molecule has 0 aromatic carbocycles. The standard InChI is InChI=1S/C12H21N5OS/c1-8(2)14-11(18)9-10(13)15-19-12(9)17-6-4-16(3)5-7-17/h8H,4-7H2,1-3H3,(H2,13,15)(H,14,18). The summed E-state index contributed by atoms with van der Waals surface area (Å²) in [5.74, 6) is 0.201. The lowest BCUT2D eigenvalue weighted by molar-refractivity contribution is 0.0944. The molecule has 1 aromatic rings. The Morgan fingerprint density at radius 3 is 2.58 bits per heavy atom. The van der Waals surface area contributed by atoms with Gasteiger partial charge in [-0.1, -0.05) is 0 Å². The van der Waals surface area contributed by atoms with Crippen molar-refractivity contribution >= 4 is 28.3 Å². The molecule has 0 unspecified atom stereocenters. The van der Waals surface area contributed by atoms with E-state index in [1.165, 1.54) is 11.5 Å². The number of nitrogen functional groups attached to an aromatic ring is 1. The number of hydrogen-bond donors (Lipinski definition) is 2. The minimum absolute atomic E-state index is 0.0899. The van der Waals surface area contributed by atoms with Crippen LogP contribution in [-0.2, 0) is 0 Å². The second kappa shape index (κ2) is 5.75. The van der Waals surface area contributed by atoms with Crippen molar-refractivity contribution in [3.8, 4) is 0 Å². The number of rotatable bonds is 3. The Morgan fingerprint density at radius 2 is 2.00 bits per heavy atom. The van der Waals surface area contributed by atoms with Gasteiger partial charge in [-0.15, -0.1) is 0 Å². The highest BCUT2D eigenvalue weighted by molar-refractivity contribution is 7.11. The molecule has 106 valence electrons. The molecule has 6 nitrogen and oxygen atoms in total. The number of anilines is 2. The van der Waals surface area contributed by atoms with E-state index >= 15 is 0 Å². The first-order chi connectivity index (χ1) is 8.99. The highest BCUT2D eigenvalue weighted by Crippen LogP contribution is 2.31. The average Bonchev–Trinajstić information content (AvgIpc) is 2.71. The monoisotopic (exact) mass is 283 g/mol. The van der Waals surface area contributed by atoms with Crippen LogP contribution in [0.15, 0.2) is 0 Å². The molecule has 1 aliphatic heterocycles. The van der Waals surface area contributed by atoms with Crippen LogP contribution in [0.5, 0.6) is 0 Å². The SMILES string of the molecule is CC(C)NC(=O)c1c(N)nsc1N1CCN(C)CC1. The molecule has 1 saturated heterocycles. The van der Waals surface area contributed by atoms with Crippen molar-refractivity contribution in [1.29, 1.82) is 0 Å². The summed E-state index contributed by atoms with van der Waals surface area (Å²) in [5, 5.41) is 3.78. The van der Waals surface area contributed by atoms with E-state index in [9.17, 15) is 4.79 Å². The highest BCUT2D eigenvalue weighted by Gasteiger charge is 2.25. The summed E-state index contributed by atoms with van der Waals surface area (Å²) in [7, 11) is 2.10. The number of hydrogen-bond acceptors (Lipinski definition) is 6. The minimum atomic E-state index is -0.129. The highest BCUT2D eigenvalue weighted by atomic mass is 32.1. The second-order valence-electron chi connectivity index (χ2n) is 5.17. The van der Waals surface area contributed by atoms with Gasteiger partial charge in [-0.25, -0.2) is 0 Å². The van der Waals surface area contributed by atoms with Gasteiger partial charge in [0.25, 0.3) is 5.91 Å². The largest absolute Gasteiger partial charge is 0.382 e. The van der Waals surface area contributed by atoms with Crippen molar-refractivity contribution in [2.24, 2.45) is 0 Å². The van der Waals surface area contributed by atoms with E-state index in [-0.39, 0.29) is 11.9 Å². The predicted molar refractivity (Wildman–Crippen MR) is 78.8 cm³/mol. The van der Waals surface area contributed by atoms with Gasteiger partial charge in [0.2, 0.25) is 0 Å². The molecule has 3 N–H and O–H groups in total. The smallest absolute Gasteiger partial charge is 0.258 e. The molecule has 0 aliphatic carbocycles. The van der Waals surface area contributed by atoms with Crippen LogP contribution in [0.25, 0.3) is 0 Å². The molecule has 0 bridgehead atoms. The summed E-state index contributed by atoms with van der Waals surface area (Å²) >= 11 is 1.31. The minimum Gasteiger partial charge on any atom is -0.382 e. The van der Waals surface area contributed by atoms with E-state index in [0.717, 1.165) is 31.2 Å². The fraction of sp³-hybridized carbons (Fsp3) is 0.667. The Labute approximate surface area is 117 Å². The molecule has 19 heavy (non-hydrogen) atoms. The number of carbonyl (C=O) groups is 1. The van der Waals surface area contributed by atoms with E-state index in [1.807, 2.05) is 13.8 Å². The molecule has 0 atom stereocenters. The van der Waals surface area contributed by atoms with Crippen molar-refractivity contribution in [3.05, 3.63) is 5.56 Å². The van der Waals surface area contributed by atoms with E-state index in [0.29, 0.717) is 11.4 Å². The van der Waals surface area contributed by atoms with Gasteiger partial charge in [-0.2, -0.15) is 4.37 Å². The van der Waals surface area contributed by atoms with Crippen LogP contribution < -0.4 is 16.0 Å². The van der Waals surface area contributed by atoms with Crippen LogP contribution in [0, 0.1) is 0 Å². The van der Waals surface area contributed by atoms with Gasteiger partial charge < -0.3 is 20.9 Å². The lowest BCUT2D eigenvalue weighted by Crippen LogP contribution is -2.45. The number of likely N-dealkylation sites (N-methyl/N-ethyl adjacent to an activating group) is 1. The summed E-state index contributed by atoms with van der Waals surface area (Å²) in [6.07, 6.45) is 0. The van der Waals surface area contributed by atoms with Crippen molar-refractivity contribution in [2.45, 2.75) is 19.9 Å². The third kappa shape index (κ3) is 3.16. The van der Waals surface area contributed by atoms with Crippen molar-refractivity contribution in [3.63, 3.8) is 0 Å². The van der Waals surface area contributed by atoms with Crippen LogP contribution in [0.2, 0.25) is 0 Å². The van der Waals surface area contributed by atoms with Gasteiger partial charge in [0.05, 0.1) is 0 Å². The molecular weight excluding hydrogens is 262 g/mol. The maximum absolute atomic E-state index is 12.2. The molecule has 0 saturated carbocycles. The van der Waals surface area contributed by atoms with E-state index in [1.54, 1.807) is 0 Å². The fourth-order valence-electron chi connectivity index (χ4n) is 2.07. The number of aromatic nitrogens is 1. The average molecular weight is 283 g/mol. The molecule has 2 heterocycles. The summed E-state index contributed by atoms with van der Waals surface area (Å²) < 4.78 is 4.14. The Bertz CT molecular complexity index is 451. The van der Waals surface area contributed by atoms with Crippen LogP contribution in [-0.4, -0.2) is 54.4 Å². The Balaban J connectivity index is 2.20. The fourth-order valence-corrected chi connectivity index (χ4v) is 2.93. The maximum Gasteiger partial charge on any atom is 0.258 e. The first-order valence-electron chi connectivity index (χ1n) is 6.48. The van der Waals surface area contributed by atoms with E-state index in [2.05, 4.69) is 26.5 Å². The predicted octanol–water partition coefficient (Wildman–Crippen LogP) is 0.615. The van der Waals surface area contributed by atoms with Crippen LogP contribution in [0.1, 0.15) is 24.2 Å². The molecule has 1 aromatic heterocycles. The normalized spacial score (nSPS) is 16.9. The van der Waals surface area contributed by atoms with E-state index in [4.69, 9.17) is 5.73 Å². The summed E-state index contributed by atoms with van der Waals surface area (Å²) in [6.45, 7) is 7.65. The van der Waals surface area contributed by atoms with E-state index < -0.39 is 0 Å². The van der Waals surface area contributed by atoms with Gasteiger partial charge >= 0.3 is 0 Å². The third-order valence-electron chi connectivity index (χ3n) is 3.14. The maximum atomic E-state index is 12.2. The molecular formula is C12H21N5OS. The zero-order valence-corrected chi connectivity index (χ0v) is 12.5. The number of amides is 1. The summed E-state index contributed by atoms with van der Waals surface area (Å²) in [6, 6.07) is 0.0899. The number of nitrogens with two attached hydrogens (primary N) is 1. The van der Waals surface area contributed by atoms with Gasteiger partial charge in [0.1, 0.15) is 10.6 Å². The van der Waals surface area contributed by atoms with Crippen molar-refractivity contribution < 1.29 is 4.79 Å². The summed E-state index contributed by atoms with van der Waals surface area (Å²) in [5.41, 5.74) is 6.38. The topological polar surface area (TPSA) is 74.5 Å². The van der Waals surface area contributed by atoms with Crippen LogP contribution in [0.4, 0.5) is 10.8 Å². The second-order valence-corrected chi connectivity index (χ2v) is 5.92. The van der Waals surface area contributed by atoms with Gasteiger partial charge in [-0.3, -0.25) is 4.79 Å². The van der Waals surface area contributed by atoms with Gasteiger partial charge in [0, 0.05) is 32.2 Å². The number of nitrogens with one attached hydrogen (secondary N) is 1. The molecule has 1 amide bonds. The lowest BCUT2D eigenvalue weighted by Gasteiger charge is -2.33. The Kier molecular flexibility index (Phi) is 4.26. The van der Waals surface area contributed by atoms with Gasteiger partial charge in [-0.05, 0) is 32.4 Å². The zero-order chi connectivity index (χ0) is 14.0. The zero-order valence-electron chi connectivity index (χ0n) is 11.6. The van der Waals surface area contributed by atoms with Crippen LogP contribution in [0.3, 0.4) is 0 Å². The van der Waals surface area contributed by atoms with Crippen LogP contribution >= 0.6 is 11.5 Å². The Morgan fingerprint density at radius 1 is 1.37 bits per heavy atom. The quantitative estimate of drug-likeness (QED) is 0.850. The van der Waals surface area contributed by atoms with Crippen molar-refractivity contribution in [2.75, 3.05) is 43.9 Å². The first kappa shape index (κ1) is 14.1. The first-order valence-corrected chi connectivity index (χ1v) is 7.26. The Hall–Kier alpha value is -1.34. The molecule has 7 heteroatoms. The number of piperazine rings is 1. The third-order valence-corrected chi connectivity index (χ3v) is 4.06. The molecule has 2 rings (SSSR count). The molecule has 1 aliphatic rings. The number of carbonyl (C=O) groups excluding carboxylic acids is 1.